The van der Waals surface area contributed by atoms with E-state index in [4.69, 9.17) is 4.74 Å². The summed E-state index contributed by atoms with van der Waals surface area (Å²) in [5, 5.41) is 6.50. The van der Waals surface area contributed by atoms with Gasteiger partial charge in [0, 0.05) is 11.1 Å². The molecule has 1 amide bonds. The molecule has 1 aliphatic heterocycles. The van der Waals surface area contributed by atoms with E-state index in [2.05, 4.69) is 17.6 Å². The molecule has 0 aliphatic carbocycles. The minimum absolute atomic E-state index is 0.0374. The molecule has 2 aromatic rings. The van der Waals surface area contributed by atoms with E-state index in [0.717, 1.165) is 31.5 Å². The summed E-state index contributed by atoms with van der Waals surface area (Å²) in [5.74, 6) is 0.673. The lowest BCUT2D eigenvalue weighted by atomic mass is 9.90. The summed E-state index contributed by atoms with van der Waals surface area (Å²) >= 11 is 0. The standard InChI is InChI=1S/C20H24N2O2/c1-20(10-12-21-13-11-20)22-19(23)17-8-5-9-18(14-17)24-15-16-6-3-2-4-7-16/h2-9,14,21H,10-13,15H2,1H3,(H,22,23). The lowest BCUT2D eigenvalue weighted by Gasteiger charge is -2.35. The third-order valence-electron chi connectivity index (χ3n) is 4.47. The first-order valence-corrected chi connectivity index (χ1v) is 8.45. The molecule has 0 radical (unpaired) electrons. The first kappa shape index (κ1) is 16.5. The topological polar surface area (TPSA) is 50.4 Å². The fourth-order valence-electron chi connectivity index (χ4n) is 2.92. The van der Waals surface area contributed by atoms with Gasteiger partial charge >= 0.3 is 0 Å². The molecule has 0 spiro atoms. The van der Waals surface area contributed by atoms with Crippen molar-refractivity contribution in [3.8, 4) is 5.75 Å². The molecule has 1 heterocycles. The molecular weight excluding hydrogens is 300 g/mol. The highest BCUT2D eigenvalue weighted by Gasteiger charge is 2.28. The van der Waals surface area contributed by atoms with E-state index in [1.807, 2.05) is 54.6 Å². The number of hydrogen-bond donors (Lipinski definition) is 2. The van der Waals surface area contributed by atoms with Gasteiger partial charge in [-0.2, -0.15) is 0 Å². The number of piperidine rings is 1. The summed E-state index contributed by atoms with van der Waals surface area (Å²) in [6, 6.07) is 17.4. The van der Waals surface area contributed by atoms with Gasteiger partial charge < -0.3 is 15.4 Å². The molecule has 1 aliphatic rings. The summed E-state index contributed by atoms with van der Waals surface area (Å²) < 4.78 is 5.81. The number of nitrogens with one attached hydrogen (secondary N) is 2. The van der Waals surface area contributed by atoms with Crippen LogP contribution in [0, 0.1) is 0 Å². The van der Waals surface area contributed by atoms with Crippen LogP contribution in [0.25, 0.3) is 0 Å². The number of rotatable bonds is 5. The maximum absolute atomic E-state index is 12.6. The van der Waals surface area contributed by atoms with Crippen molar-refractivity contribution in [3.63, 3.8) is 0 Å². The second-order valence-electron chi connectivity index (χ2n) is 6.57. The Labute approximate surface area is 143 Å². The molecule has 0 aromatic heterocycles. The third kappa shape index (κ3) is 4.36. The highest BCUT2D eigenvalue weighted by molar-refractivity contribution is 5.95. The van der Waals surface area contributed by atoms with E-state index >= 15 is 0 Å². The van der Waals surface area contributed by atoms with Crippen molar-refractivity contribution < 1.29 is 9.53 Å². The van der Waals surface area contributed by atoms with Crippen LogP contribution in [0.4, 0.5) is 0 Å². The van der Waals surface area contributed by atoms with E-state index in [1.165, 1.54) is 0 Å². The molecule has 2 aromatic carbocycles. The first-order valence-electron chi connectivity index (χ1n) is 8.45. The van der Waals surface area contributed by atoms with Crippen molar-refractivity contribution in [1.82, 2.24) is 10.6 Å². The van der Waals surface area contributed by atoms with Crippen molar-refractivity contribution >= 4 is 5.91 Å². The zero-order chi connectivity index (χ0) is 16.8. The summed E-state index contributed by atoms with van der Waals surface area (Å²) in [5.41, 5.74) is 1.61. The Morgan fingerprint density at radius 2 is 1.88 bits per heavy atom. The number of carbonyl (C=O) groups excluding carboxylic acids is 1. The van der Waals surface area contributed by atoms with Gasteiger partial charge in [0.25, 0.3) is 5.91 Å². The second-order valence-corrected chi connectivity index (χ2v) is 6.57. The quantitative estimate of drug-likeness (QED) is 0.888. The van der Waals surface area contributed by atoms with Crippen molar-refractivity contribution in [2.45, 2.75) is 31.9 Å². The van der Waals surface area contributed by atoms with Crippen molar-refractivity contribution in [3.05, 3.63) is 65.7 Å². The van der Waals surface area contributed by atoms with Crippen LogP contribution in [0.15, 0.2) is 54.6 Å². The predicted octanol–water partition coefficient (Wildman–Crippen LogP) is 3.14. The largest absolute Gasteiger partial charge is 0.489 e. The molecule has 0 unspecified atom stereocenters. The number of hydrogen-bond acceptors (Lipinski definition) is 3. The van der Waals surface area contributed by atoms with Gasteiger partial charge in [0.05, 0.1) is 0 Å². The van der Waals surface area contributed by atoms with Crippen LogP contribution < -0.4 is 15.4 Å². The van der Waals surface area contributed by atoms with Crippen LogP contribution >= 0.6 is 0 Å². The van der Waals surface area contributed by atoms with E-state index in [0.29, 0.717) is 17.9 Å². The van der Waals surface area contributed by atoms with E-state index in [-0.39, 0.29) is 11.4 Å². The van der Waals surface area contributed by atoms with Gasteiger partial charge in [0.2, 0.25) is 0 Å². The number of ether oxygens (including phenoxy) is 1. The van der Waals surface area contributed by atoms with Crippen molar-refractivity contribution in [2.75, 3.05) is 13.1 Å². The molecule has 0 atom stereocenters. The molecule has 0 saturated carbocycles. The monoisotopic (exact) mass is 324 g/mol. The van der Waals surface area contributed by atoms with Crippen molar-refractivity contribution in [2.24, 2.45) is 0 Å². The summed E-state index contributed by atoms with van der Waals surface area (Å²) in [7, 11) is 0. The first-order chi connectivity index (χ1) is 11.6. The van der Waals surface area contributed by atoms with E-state index in [1.54, 1.807) is 0 Å². The minimum atomic E-state index is -0.136. The molecule has 126 valence electrons. The molecule has 0 bridgehead atoms. The van der Waals surface area contributed by atoms with Gasteiger partial charge in [-0.25, -0.2) is 0 Å². The summed E-state index contributed by atoms with van der Waals surface area (Å²) in [4.78, 5) is 12.6. The maximum Gasteiger partial charge on any atom is 0.251 e. The Morgan fingerprint density at radius 3 is 2.62 bits per heavy atom. The summed E-state index contributed by atoms with van der Waals surface area (Å²) in [6.45, 7) is 4.49. The molecule has 24 heavy (non-hydrogen) atoms. The van der Waals surface area contributed by atoms with Gasteiger partial charge in [-0.1, -0.05) is 36.4 Å². The molecule has 1 fully saturated rings. The lowest BCUT2D eigenvalue weighted by molar-refractivity contribution is 0.0887. The predicted molar refractivity (Wildman–Crippen MR) is 95.2 cm³/mol. The van der Waals surface area contributed by atoms with Gasteiger partial charge in [-0.3, -0.25) is 4.79 Å². The van der Waals surface area contributed by atoms with Gasteiger partial charge in [-0.15, -0.1) is 0 Å². The van der Waals surface area contributed by atoms with Crippen LogP contribution in [0.3, 0.4) is 0 Å². The average molecular weight is 324 g/mol. The Balaban J connectivity index is 1.62. The highest BCUT2D eigenvalue weighted by Crippen LogP contribution is 2.20. The van der Waals surface area contributed by atoms with Crippen LogP contribution in [-0.2, 0) is 6.61 Å². The van der Waals surface area contributed by atoms with Crippen LogP contribution in [0.5, 0.6) is 5.75 Å². The lowest BCUT2D eigenvalue weighted by Crippen LogP contribution is -2.52. The summed E-state index contributed by atoms with van der Waals surface area (Å²) in [6.07, 6.45) is 1.89. The van der Waals surface area contributed by atoms with Gasteiger partial charge in [-0.05, 0) is 56.6 Å². The van der Waals surface area contributed by atoms with E-state index in [9.17, 15) is 4.79 Å². The Kier molecular flexibility index (Phi) is 5.16. The smallest absolute Gasteiger partial charge is 0.251 e. The molecular formula is C20H24N2O2. The second kappa shape index (κ2) is 7.49. The maximum atomic E-state index is 12.6. The van der Waals surface area contributed by atoms with Gasteiger partial charge in [0.15, 0.2) is 0 Å². The van der Waals surface area contributed by atoms with Crippen LogP contribution in [-0.4, -0.2) is 24.5 Å². The number of amides is 1. The fourth-order valence-corrected chi connectivity index (χ4v) is 2.92. The van der Waals surface area contributed by atoms with Crippen molar-refractivity contribution in [1.29, 1.82) is 0 Å². The van der Waals surface area contributed by atoms with Crippen LogP contribution in [0.2, 0.25) is 0 Å². The van der Waals surface area contributed by atoms with E-state index < -0.39 is 0 Å². The normalized spacial score (nSPS) is 16.4. The zero-order valence-electron chi connectivity index (χ0n) is 14.0. The average Bonchev–Trinajstić information content (AvgIpc) is 2.61. The molecule has 1 saturated heterocycles. The Hall–Kier alpha value is -2.33. The number of carbonyl (C=O) groups is 1. The zero-order valence-corrected chi connectivity index (χ0v) is 14.0. The molecule has 3 rings (SSSR count). The Morgan fingerprint density at radius 1 is 1.12 bits per heavy atom. The van der Waals surface area contributed by atoms with Crippen LogP contribution in [0.1, 0.15) is 35.7 Å². The number of benzene rings is 2. The fraction of sp³-hybridized carbons (Fsp3) is 0.350. The van der Waals surface area contributed by atoms with Gasteiger partial charge in [0.1, 0.15) is 12.4 Å². The third-order valence-corrected chi connectivity index (χ3v) is 4.47. The SMILES string of the molecule is CC1(NC(=O)c2cccc(OCc3ccccc3)c2)CCNCC1. The molecule has 4 heteroatoms. The molecule has 4 nitrogen and oxygen atoms in total. The highest BCUT2D eigenvalue weighted by atomic mass is 16.5. The Bertz CT molecular complexity index is 679. The molecule has 2 N–H and O–H groups in total. The minimum Gasteiger partial charge on any atom is -0.489 e.